The molecule has 1 aliphatic rings. The topological polar surface area (TPSA) is 85.0 Å². The Kier molecular flexibility index (Phi) is 7.19. The number of anilines is 2. The van der Waals surface area contributed by atoms with E-state index < -0.39 is 0 Å². The first-order chi connectivity index (χ1) is 19.4. The number of imidazole rings is 1. The number of nitrogens with zero attached hydrogens (tertiary/aromatic N) is 6. The fourth-order valence-electron chi connectivity index (χ4n) is 5.47. The van der Waals surface area contributed by atoms with Crippen molar-refractivity contribution in [1.29, 1.82) is 0 Å². The maximum absolute atomic E-state index is 6.15. The number of rotatable bonds is 7. The SMILES string of the molecule is CC(C)(C)n1nnnc1C(Nc1ccc(Cl)cc1)c1ccc(-c2nc3ccccn3c2NC2CCCCC2)cc1. The van der Waals surface area contributed by atoms with Crippen molar-refractivity contribution in [2.45, 2.75) is 70.5 Å². The zero-order chi connectivity index (χ0) is 27.7. The van der Waals surface area contributed by atoms with E-state index in [1.165, 1.54) is 32.1 Å². The third-order valence-electron chi connectivity index (χ3n) is 7.54. The van der Waals surface area contributed by atoms with E-state index in [9.17, 15) is 0 Å². The molecule has 1 fully saturated rings. The summed E-state index contributed by atoms with van der Waals surface area (Å²) in [4.78, 5) is 5.03. The van der Waals surface area contributed by atoms with Gasteiger partial charge in [0.2, 0.25) is 0 Å². The minimum Gasteiger partial charge on any atom is -0.371 e. The van der Waals surface area contributed by atoms with Gasteiger partial charge in [0.05, 0.1) is 5.54 Å². The molecule has 1 aliphatic carbocycles. The lowest BCUT2D eigenvalue weighted by molar-refractivity contribution is 0.333. The van der Waals surface area contributed by atoms with Crippen LogP contribution in [0.1, 0.15) is 70.3 Å². The summed E-state index contributed by atoms with van der Waals surface area (Å²) in [6.45, 7) is 6.29. The largest absolute Gasteiger partial charge is 0.371 e. The van der Waals surface area contributed by atoms with Crippen molar-refractivity contribution in [3.05, 3.63) is 89.3 Å². The number of hydrogen-bond donors (Lipinski definition) is 2. The number of hydrogen-bond acceptors (Lipinski definition) is 6. The number of benzene rings is 2. The Morgan fingerprint density at radius 1 is 0.925 bits per heavy atom. The van der Waals surface area contributed by atoms with Crippen molar-refractivity contribution in [3.63, 3.8) is 0 Å². The normalized spacial score (nSPS) is 15.3. The van der Waals surface area contributed by atoms with Crippen molar-refractivity contribution >= 4 is 28.8 Å². The second kappa shape index (κ2) is 10.9. The summed E-state index contributed by atoms with van der Waals surface area (Å²) in [5, 5.41) is 21.0. The molecule has 9 heteroatoms. The van der Waals surface area contributed by atoms with Crippen LogP contribution in [-0.4, -0.2) is 35.6 Å². The molecule has 1 unspecified atom stereocenters. The summed E-state index contributed by atoms with van der Waals surface area (Å²) in [6.07, 6.45) is 8.34. The Hall–Kier alpha value is -3.91. The average molecular weight is 555 g/mol. The summed E-state index contributed by atoms with van der Waals surface area (Å²) in [5.41, 5.74) is 4.66. The molecule has 1 saturated carbocycles. The van der Waals surface area contributed by atoms with Crippen molar-refractivity contribution in [1.82, 2.24) is 29.6 Å². The highest BCUT2D eigenvalue weighted by molar-refractivity contribution is 6.30. The Balaban J connectivity index is 1.38. The first-order valence-corrected chi connectivity index (χ1v) is 14.4. The molecule has 0 amide bonds. The lowest BCUT2D eigenvalue weighted by Gasteiger charge is -2.26. The highest BCUT2D eigenvalue weighted by Crippen LogP contribution is 2.34. The van der Waals surface area contributed by atoms with Crippen LogP contribution in [0, 0.1) is 0 Å². The fraction of sp³-hybridized carbons (Fsp3) is 0.355. The first-order valence-electron chi connectivity index (χ1n) is 14.0. The number of fused-ring (bicyclic) bond motifs is 1. The molecule has 0 aliphatic heterocycles. The molecule has 40 heavy (non-hydrogen) atoms. The number of tetrazole rings is 1. The summed E-state index contributed by atoms with van der Waals surface area (Å²) in [5.74, 6) is 1.80. The quantitative estimate of drug-likeness (QED) is 0.219. The molecule has 2 aromatic carbocycles. The minimum absolute atomic E-state index is 0.273. The van der Waals surface area contributed by atoms with Gasteiger partial charge in [-0.25, -0.2) is 9.67 Å². The van der Waals surface area contributed by atoms with Gasteiger partial charge in [0.1, 0.15) is 23.2 Å². The van der Waals surface area contributed by atoms with E-state index >= 15 is 0 Å². The molecule has 8 nitrogen and oxygen atoms in total. The molecular formula is C31H35ClN8. The maximum atomic E-state index is 6.15. The third-order valence-corrected chi connectivity index (χ3v) is 7.79. The lowest BCUT2D eigenvalue weighted by Crippen LogP contribution is -2.29. The highest BCUT2D eigenvalue weighted by Gasteiger charge is 2.28. The second-order valence-corrected chi connectivity index (χ2v) is 12.0. The molecule has 3 heterocycles. The Morgan fingerprint density at radius 3 is 2.40 bits per heavy atom. The van der Waals surface area contributed by atoms with E-state index in [1.807, 2.05) is 35.0 Å². The van der Waals surface area contributed by atoms with Gasteiger partial charge in [-0.15, -0.1) is 5.10 Å². The molecule has 206 valence electrons. The van der Waals surface area contributed by atoms with E-state index in [4.69, 9.17) is 16.6 Å². The molecule has 6 rings (SSSR count). The molecule has 1 atom stereocenters. The highest BCUT2D eigenvalue weighted by atomic mass is 35.5. The molecule has 0 spiro atoms. The predicted molar refractivity (Wildman–Crippen MR) is 161 cm³/mol. The van der Waals surface area contributed by atoms with Crippen LogP contribution in [0.5, 0.6) is 0 Å². The number of halogens is 1. The zero-order valence-electron chi connectivity index (χ0n) is 23.2. The van der Waals surface area contributed by atoms with Crippen LogP contribution < -0.4 is 10.6 Å². The Labute approximate surface area is 239 Å². The van der Waals surface area contributed by atoms with Crippen LogP contribution in [0.2, 0.25) is 5.02 Å². The van der Waals surface area contributed by atoms with E-state index in [1.54, 1.807) is 0 Å². The van der Waals surface area contributed by atoms with Crippen LogP contribution in [-0.2, 0) is 5.54 Å². The van der Waals surface area contributed by atoms with E-state index in [0.29, 0.717) is 11.1 Å². The van der Waals surface area contributed by atoms with Crippen LogP contribution in [0.25, 0.3) is 16.9 Å². The van der Waals surface area contributed by atoms with Gasteiger partial charge >= 0.3 is 0 Å². The van der Waals surface area contributed by atoms with Crippen LogP contribution >= 0.6 is 11.6 Å². The van der Waals surface area contributed by atoms with Crippen LogP contribution in [0.4, 0.5) is 11.5 Å². The van der Waals surface area contributed by atoms with Gasteiger partial charge in [0.15, 0.2) is 5.82 Å². The maximum Gasteiger partial charge on any atom is 0.178 e. The van der Waals surface area contributed by atoms with Gasteiger partial charge in [-0.05, 0) is 86.0 Å². The summed E-state index contributed by atoms with van der Waals surface area (Å²) < 4.78 is 4.04. The number of aromatic nitrogens is 6. The number of nitrogens with one attached hydrogen (secondary N) is 2. The zero-order valence-corrected chi connectivity index (χ0v) is 23.9. The second-order valence-electron chi connectivity index (χ2n) is 11.5. The van der Waals surface area contributed by atoms with E-state index in [0.717, 1.165) is 39.8 Å². The van der Waals surface area contributed by atoms with Gasteiger partial charge in [-0.2, -0.15) is 0 Å². The third kappa shape index (κ3) is 5.41. The lowest BCUT2D eigenvalue weighted by atomic mass is 9.95. The predicted octanol–water partition coefficient (Wildman–Crippen LogP) is 7.34. The Morgan fingerprint density at radius 2 is 1.68 bits per heavy atom. The molecule has 0 radical (unpaired) electrons. The van der Waals surface area contributed by atoms with Crippen molar-refractivity contribution in [2.24, 2.45) is 0 Å². The van der Waals surface area contributed by atoms with Gasteiger partial charge in [0.25, 0.3) is 0 Å². The summed E-state index contributed by atoms with van der Waals surface area (Å²) in [6, 6.07) is 22.6. The number of pyridine rings is 1. The summed E-state index contributed by atoms with van der Waals surface area (Å²) >= 11 is 6.15. The standard InChI is InChI=1S/C31H35ClN8/c1-31(2,3)40-30(36-37-38-40)28(33-25-18-16-23(32)17-19-25)22-14-12-21(13-15-22)27-29(34-24-9-5-4-6-10-24)39-20-8-7-11-26(39)35-27/h7-8,11-20,24,28,33-34H,4-6,9-10H2,1-3H3. The van der Waals surface area contributed by atoms with Crippen molar-refractivity contribution in [2.75, 3.05) is 10.6 Å². The average Bonchev–Trinajstić information content (AvgIpc) is 3.60. The van der Waals surface area contributed by atoms with Gasteiger partial charge in [-0.3, -0.25) is 4.40 Å². The minimum atomic E-state index is -0.283. The molecule has 0 saturated heterocycles. The first kappa shape index (κ1) is 26.3. The summed E-state index contributed by atoms with van der Waals surface area (Å²) in [7, 11) is 0. The van der Waals surface area contributed by atoms with E-state index in [-0.39, 0.29) is 11.6 Å². The van der Waals surface area contributed by atoms with Crippen molar-refractivity contribution in [3.8, 4) is 11.3 Å². The fourth-order valence-corrected chi connectivity index (χ4v) is 5.60. The van der Waals surface area contributed by atoms with Crippen molar-refractivity contribution < 1.29 is 0 Å². The van der Waals surface area contributed by atoms with Crippen LogP contribution in [0.15, 0.2) is 72.9 Å². The van der Waals surface area contributed by atoms with E-state index in [2.05, 4.69) is 93.9 Å². The van der Waals surface area contributed by atoms with Gasteiger partial charge in [-0.1, -0.05) is 61.2 Å². The van der Waals surface area contributed by atoms with Gasteiger partial charge in [0, 0.05) is 28.5 Å². The van der Waals surface area contributed by atoms with Gasteiger partial charge < -0.3 is 10.6 Å². The molecule has 2 N–H and O–H groups in total. The van der Waals surface area contributed by atoms with Crippen LogP contribution in [0.3, 0.4) is 0 Å². The smallest absolute Gasteiger partial charge is 0.178 e. The monoisotopic (exact) mass is 554 g/mol. The molecular weight excluding hydrogens is 520 g/mol. The molecule has 0 bridgehead atoms. The molecule has 3 aromatic heterocycles. The Bertz CT molecular complexity index is 1570. The molecule has 5 aromatic rings.